The number of nitrogens with two attached hydrogens (primary N) is 1. The van der Waals surface area contributed by atoms with E-state index in [4.69, 9.17) is 20.5 Å². The van der Waals surface area contributed by atoms with Gasteiger partial charge in [-0.25, -0.2) is 0 Å². The van der Waals surface area contributed by atoms with Gasteiger partial charge in [-0.2, -0.15) is 5.26 Å². The van der Waals surface area contributed by atoms with E-state index in [9.17, 15) is 0 Å². The lowest BCUT2D eigenvalue weighted by Gasteiger charge is -2.21. The SMILES string of the molecule is COCCc1ccc(OC(C)CC(C)(N)C#N)cc1. The van der Waals surface area contributed by atoms with Gasteiger partial charge in [0.15, 0.2) is 0 Å². The van der Waals surface area contributed by atoms with Crippen LogP contribution in [-0.2, 0) is 11.2 Å². The van der Waals surface area contributed by atoms with E-state index in [1.807, 2.05) is 31.2 Å². The normalized spacial score (nSPS) is 15.3. The van der Waals surface area contributed by atoms with Gasteiger partial charge < -0.3 is 15.2 Å². The molecule has 1 rings (SSSR count). The quantitative estimate of drug-likeness (QED) is 0.818. The van der Waals surface area contributed by atoms with Gasteiger partial charge in [0.25, 0.3) is 0 Å². The Morgan fingerprint density at radius 1 is 1.37 bits per heavy atom. The summed E-state index contributed by atoms with van der Waals surface area (Å²) in [6, 6.07) is 9.98. The van der Waals surface area contributed by atoms with Crippen LogP contribution in [0.4, 0.5) is 0 Å². The Kier molecular flexibility index (Phi) is 5.81. The predicted octanol–water partition coefficient (Wildman–Crippen LogP) is 2.27. The number of hydrogen-bond donors (Lipinski definition) is 1. The van der Waals surface area contributed by atoms with E-state index in [1.54, 1.807) is 14.0 Å². The summed E-state index contributed by atoms with van der Waals surface area (Å²) < 4.78 is 10.8. The molecule has 4 nitrogen and oxygen atoms in total. The third-order valence-electron chi connectivity index (χ3n) is 2.82. The second kappa shape index (κ2) is 7.13. The van der Waals surface area contributed by atoms with Crippen molar-refractivity contribution >= 4 is 0 Å². The summed E-state index contributed by atoms with van der Waals surface area (Å²) >= 11 is 0. The fourth-order valence-corrected chi connectivity index (χ4v) is 1.87. The topological polar surface area (TPSA) is 68.3 Å². The highest BCUT2D eigenvalue weighted by Crippen LogP contribution is 2.17. The Morgan fingerprint density at radius 3 is 2.53 bits per heavy atom. The summed E-state index contributed by atoms with van der Waals surface area (Å²) in [5.41, 5.74) is 6.16. The van der Waals surface area contributed by atoms with E-state index < -0.39 is 5.54 Å². The molecule has 19 heavy (non-hydrogen) atoms. The Balaban J connectivity index is 2.51. The minimum absolute atomic E-state index is 0.0977. The van der Waals surface area contributed by atoms with E-state index in [1.165, 1.54) is 5.56 Å². The number of rotatable bonds is 7. The van der Waals surface area contributed by atoms with Crippen LogP contribution in [0.15, 0.2) is 24.3 Å². The molecule has 0 saturated carbocycles. The zero-order valence-electron chi connectivity index (χ0n) is 11.8. The minimum Gasteiger partial charge on any atom is -0.491 e. The molecule has 0 aromatic heterocycles. The molecule has 1 aromatic carbocycles. The minimum atomic E-state index is -0.849. The van der Waals surface area contributed by atoms with Crippen molar-refractivity contribution in [3.63, 3.8) is 0 Å². The molecule has 0 bridgehead atoms. The standard InChI is InChI=1S/C15H22N2O2/c1-12(10-15(2,17)11-16)19-14-6-4-13(5-7-14)8-9-18-3/h4-7,12H,8-10,17H2,1-3H3. The molecule has 0 radical (unpaired) electrons. The van der Waals surface area contributed by atoms with Crippen molar-refractivity contribution in [2.45, 2.75) is 38.3 Å². The van der Waals surface area contributed by atoms with E-state index >= 15 is 0 Å². The van der Waals surface area contributed by atoms with Gasteiger partial charge in [0.05, 0.1) is 18.8 Å². The average molecular weight is 262 g/mol. The lowest BCUT2D eigenvalue weighted by atomic mass is 9.98. The van der Waals surface area contributed by atoms with Crippen LogP contribution in [0.3, 0.4) is 0 Å². The van der Waals surface area contributed by atoms with Crippen molar-refractivity contribution in [1.82, 2.24) is 0 Å². The number of benzene rings is 1. The number of nitrogens with zero attached hydrogens (tertiary/aromatic N) is 1. The van der Waals surface area contributed by atoms with Crippen molar-refractivity contribution in [2.24, 2.45) is 5.73 Å². The summed E-state index contributed by atoms with van der Waals surface area (Å²) in [5.74, 6) is 0.794. The molecular weight excluding hydrogens is 240 g/mol. The van der Waals surface area contributed by atoms with Crippen molar-refractivity contribution < 1.29 is 9.47 Å². The molecule has 1 aromatic rings. The number of nitriles is 1. The second-order valence-electron chi connectivity index (χ2n) is 5.05. The highest BCUT2D eigenvalue weighted by atomic mass is 16.5. The first-order valence-corrected chi connectivity index (χ1v) is 6.41. The Labute approximate surface area is 115 Å². The summed E-state index contributed by atoms with van der Waals surface area (Å²) in [7, 11) is 1.69. The van der Waals surface area contributed by atoms with Crippen LogP contribution in [0, 0.1) is 11.3 Å². The van der Waals surface area contributed by atoms with Gasteiger partial charge in [-0.3, -0.25) is 0 Å². The molecule has 104 valence electrons. The zero-order valence-corrected chi connectivity index (χ0v) is 11.8. The van der Waals surface area contributed by atoms with Gasteiger partial charge in [0.2, 0.25) is 0 Å². The molecule has 0 heterocycles. The largest absolute Gasteiger partial charge is 0.491 e. The molecule has 0 spiro atoms. The summed E-state index contributed by atoms with van der Waals surface area (Å²) in [5, 5.41) is 8.89. The average Bonchev–Trinajstić information content (AvgIpc) is 2.37. The first kappa shape index (κ1) is 15.5. The number of methoxy groups -OCH3 is 1. The van der Waals surface area contributed by atoms with Crippen LogP contribution in [-0.4, -0.2) is 25.4 Å². The van der Waals surface area contributed by atoms with E-state index in [0.29, 0.717) is 13.0 Å². The lowest BCUT2D eigenvalue weighted by Crippen LogP contribution is -2.38. The van der Waals surface area contributed by atoms with Gasteiger partial charge in [0, 0.05) is 13.5 Å². The third kappa shape index (κ3) is 5.73. The number of ether oxygens (including phenoxy) is 2. The highest BCUT2D eigenvalue weighted by Gasteiger charge is 2.21. The Morgan fingerprint density at radius 2 is 2.00 bits per heavy atom. The molecule has 0 fully saturated rings. The molecule has 2 N–H and O–H groups in total. The maximum atomic E-state index is 8.89. The van der Waals surface area contributed by atoms with Gasteiger partial charge in [-0.1, -0.05) is 12.1 Å². The first-order valence-electron chi connectivity index (χ1n) is 6.41. The third-order valence-corrected chi connectivity index (χ3v) is 2.82. The fourth-order valence-electron chi connectivity index (χ4n) is 1.87. The predicted molar refractivity (Wildman–Crippen MR) is 74.9 cm³/mol. The van der Waals surface area contributed by atoms with E-state index in [2.05, 4.69) is 6.07 Å². The number of hydrogen-bond acceptors (Lipinski definition) is 4. The molecule has 0 aliphatic heterocycles. The molecule has 0 amide bonds. The van der Waals surface area contributed by atoms with Gasteiger partial charge in [-0.05, 0) is 38.0 Å². The molecule has 0 aliphatic carbocycles. The second-order valence-corrected chi connectivity index (χ2v) is 5.05. The fraction of sp³-hybridized carbons (Fsp3) is 0.533. The van der Waals surface area contributed by atoms with Crippen LogP contribution < -0.4 is 10.5 Å². The molecule has 0 aliphatic rings. The maximum absolute atomic E-state index is 8.89. The molecule has 2 atom stereocenters. The van der Waals surface area contributed by atoms with E-state index in [-0.39, 0.29) is 6.10 Å². The Hall–Kier alpha value is -1.57. The van der Waals surface area contributed by atoms with Crippen molar-refractivity contribution in [1.29, 1.82) is 5.26 Å². The molecule has 4 heteroatoms. The maximum Gasteiger partial charge on any atom is 0.119 e. The summed E-state index contributed by atoms with van der Waals surface area (Å²) in [6.07, 6.45) is 1.29. The van der Waals surface area contributed by atoms with Crippen molar-refractivity contribution in [3.05, 3.63) is 29.8 Å². The summed E-state index contributed by atoms with van der Waals surface area (Å²) in [4.78, 5) is 0. The van der Waals surface area contributed by atoms with Gasteiger partial charge in [-0.15, -0.1) is 0 Å². The van der Waals surface area contributed by atoms with Crippen LogP contribution in [0.2, 0.25) is 0 Å². The van der Waals surface area contributed by atoms with E-state index in [0.717, 1.165) is 12.2 Å². The highest BCUT2D eigenvalue weighted by molar-refractivity contribution is 5.27. The van der Waals surface area contributed by atoms with Crippen LogP contribution >= 0.6 is 0 Å². The van der Waals surface area contributed by atoms with Gasteiger partial charge in [0.1, 0.15) is 11.3 Å². The van der Waals surface area contributed by atoms with Crippen LogP contribution in [0.5, 0.6) is 5.75 Å². The zero-order chi connectivity index (χ0) is 14.3. The lowest BCUT2D eigenvalue weighted by molar-refractivity contribution is 0.191. The smallest absolute Gasteiger partial charge is 0.119 e. The van der Waals surface area contributed by atoms with Gasteiger partial charge >= 0.3 is 0 Å². The monoisotopic (exact) mass is 262 g/mol. The molecular formula is C15H22N2O2. The molecule has 0 saturated heterocycles. The Bertz CT molecular complexity index is 421. The van der Waals surface area contributed by atoms with Crippen LogP contribution in [0.25, 0.3) is 0 Å². The van der Waals surface area contributed by atoms with Crippen molar-refractivity contribution in [3.8, 4) is 11.8 Å². The summed E-state index contributed by atoms with van der Waals surface area (Å²) in [6.45, 7) is 4.34. The van der Waals surface area contributed by atoms with Crippen molar-refractivity contribution in [2.75, 3.05) is 13.7 Å². The van der Waals surface area contributed by atoms with Crippen LogP contribution in [0.1, 0.15) is 25.8 Å². The molecule has 2 unspecified atom stereocenters. The first-order chi connectivity index (χ1) is 8.96.